The Hall–Kier alpha value is -0.780. The van der Waals surface area contributed by atoms with Crippen molar-refractivity contribution >= 4 is 15.9 Å². The molecule has 0 spiro atoms. The lowest BCUT2D eigenvalue weighted by atomic mass is 9.94. The maximum absolute atomic E-state index is 5.49. The predicted octanol–water partition coefficient (Wildman–Crippen LogP) is 3.02. The topological polar surface area (TPSA) is 53.7 Å². The molecule has 4 nitrogen and oxygen atoms in total. The first kappa shape index (κ1) is 15.3. The van der Waals surface area contributed by atoms with Crippen LogP contribution in [0, 0.1) is 0 Å². The number of hydrogen-bond donors (Lipinski definition) is 1. The molecular weight excluding hydrogens is 298 g/mol. The number of benzene rings is 1. The normalized spacial score (nSPS) is 10.8. The van der Waals surface area contributed by atoms with Gasteiger partial charge in [0.25, 0.3) is 0 Å². The van der Waals surface area contributed by atoms with Crippen molar-refractivity contribution in [1.29, 1.82) is 0 Å². The van der Waals surface area contributed by atoms with E-state index in [9.17, 15) is 0 Å². The molecular formula is C13H20BrNO3. The Kier molecular flexibility index (Phi) is 5.91. The summed E-state index contributed by atoms with van der Waals surface area (Å²) >= 11 is 3.57. The summed E-state index contributed by atoms with van der Waals surface area (Å²) in [5.74, 6) is 6.93. The van der Waals surface area contributed by atoms with Gasteiger partial charge in [0, 0.05) is 10.0 Å². The van der Waals surface area contributed by atoms with E-state index >= 15 is 0 Å². The second-order valence-electron chi connectivity index (χ2n) is 4.26. The fourth-order valence-electron chi connectivity index (χ4n) is 2.05. The molecule has 0 saturated carbocycles. The zero-order valence-electron chi connectivity index (χ0n) is 11.2. The highest BCUT2D eigenvalue weighted by Crippen LogP contribution is 2.42. The molecule has 0 saturated heterocycles. The molecule has 1 aromatic rings. The molecule has 0 fully saturated rings. The number of nitrogens with two attached hydrogens (primary N) is 1. The lowest BCUT2D eigenvalue weighted by Gasteiger charge is -2.21. The van der Waals surface area contributed by atoms with Crippen LogP contribution in [0.4, 0.5) is 0 Å². The molecule has 0 amide bonds. The van der Waals surface area contributed by atoms with Crippen molar-refractivity contribution in [2.24, 2.45) is 5.90 Å². The summed E-state index contributed by atoms with van der Waals surface area (Å²) in [7, 11) is 3.29. The van der Waals surface area contributed by atoms with Gasteiger partial charge in [0.05, 0.1) is 20.8 Å². The summed E-state index contributed by atoms with van der Waals surface area (Å²) in [4.78, 5) is 4.67. The van der Waals surface area contributed by atoms with Crippen LogP contribution in [0.1, 0.15) is 30.9 Å². The predicted molar refractivity (Wildman–Crippen MR) is 75.2 cm³/mol. The first-order chi connectivity index (χ1) is 8.56. The van der Waals surface area contributed by atoms with Gasteiger partial charge in [-0.25, -0.2) is 5.90 Å². The van der Waals surface area contributed by atoms with Crippen LogP contribution in [-0.2, 0) is 11.3 Å². The molecule has 0 aromatic heterocycles. The number of hydrogen-bond acceptors (Lipinski definition) is 4. The second-order valence-corrected chi connectivity index (χ2v) is 5.12. The maximum Gasteiger partial charge on any atom is 0.164 e. The number of methoxy groups -OCH3 is 2. The Balaban J connectivity index is 3.39. The Morgan fingerprint density at radius 3 is 2.39 bits per heavy atom. The van der Waals surface area contributed by atoms with Gasteiger partial charge in [0.1, 0.15) is 0 Å². The van der Waals surface area contributed by atoms with Crippen LogP contribution in [0.25, 0.3) is 0 Å². The summed E-state index contributed by atoms with van der Waals surface area (Å²) in [6, 6.07) is 1.91. The van der Waals surface area contributed by atoms with Crippen LogP contribution in [0.5, 0.6) is 11.5 Å². The monoisotopic (exact) mass is 317 g/mol. The highest BCUT2D eigenvalue weighted by atomic mass is 79.9. The van der Waals surface area contributed by atoms with E-state index < -0.39 is 0 Å². The fraction of sp³-hybridized carbons (Fsp3) is 0.538. The molecule has 18 heavy (non-hydrogen) atoms. The molecule has 1 aromatic carbocycles. The van der Waals surface area contributed by atoms with Crippen molar-refractivity contribution in [3.8, 4) is 11.5 Å². The summed E-state index contributed by atoms with van der Waals surface area (Å²) < 4.78 is 11.8. The van der Waals surface area contributed by atoms with E-state index in [2.05, 4.69) is 34.6 Å². The van der Waals surface area contributed by atoms with E-state index in [0.717, 1.165) is 33.5 Å². The lowest BCUT2D eigenvalue weighted by molar-refractivity contribution is 0.141. The van der Waals surface area contributed by atoms with E-state index in [0.29, 0.717) is 12.5 Å². The molecule has 0 radical (unpaired) electrons. The SMILES string of the molecule is COc1cc(Br)c(CCON)c(C(C)C)c1OC. The van der Waals surface area contributed by atoms with E-state index in [1.165, 1.54) is 0 Å². The molecule has 0 bridgehead atoms. The second kappa shape index (κ2) is 6.97. The van der Waals surface area contributed by atoms with Crippen molar-refractivity contribution in [3.63, 3.8) is 0 Å². The largest absolute Gasteiger partial charge is 0.493 e. The van der Waals surface area contributed by atoms with Crippen molar-refractivity contribution in [3.05, 3.63) is 21.7 Å². The lowest BCUT2D eigenvalue weighted by Crippen LogP contribution is -2.09. The van der Waals surface area contributed by atoms with Crippen LogP contribution in [0.15, 0.2) is 10.5 Å². The Morgan fingerprint density at radius 2 is 1.94 bits per heavy atom. The van der Waals surface area contributed by atoms with Crippen LogP contribution < -0.4 is 15.4 Å². The van der Waals surface area contributed by atoms with E-state index in [1.807, 2.05) is 6.07 Å². The molecule has 102 valence electrons. The first-order valence-corrected chi connectivity index (χ1v) is 6.61. The minimum Gasteiger partial charge on any atom is -0.493 e. The van der Waals surface area contributed by atoms with Gasteiger partial charge >= 0.3 is 0 Å². The van der Waals surface area contributed by atoms with Gasteiger partial charge < -0.3 is 14.3 Å². The van der Waals surface area contributed by atoms with E-state index in [-0.39, 0.29) is 0 Å². The van der Waals surface area contributed by atoms with Gasteiger partial charge in [0.15, 0.2) is 11.5 Å². The van der Waals surface area contributed by atoms with Gasteiger partial charge in [-0.2, -0.15) is 0 Å². The number of ether oxygens (including phenoxy) is 2. The first-order valence-electron chi connectivity index (χ1n) is 5.81. The maximum atomic E-state index is 5.49. The quantitative estimate of drug-likeness (QED) is 0.819. The fourth-order valence-corrected chi connectivity index (χ4v) is 2.67. The van der Waals surface area contributed by atoms with Crippen LogP contribution in [0.2, 0.25) is 0 Å². The summed E-state index contributed by atoms with van der Waals surface area (Å²) in [6.07, 6.45) is 0.727. The number of rotatable bonds is 6. The minimum absolute atomic E-state index is 0.319. The number of halogens is 1. The zero-order valence-corrected chi connectivity index (χ0v) is 12.8. The average Bonchev–Trinajstić information content (AvgIpc) is 2.35. The Morgan fingerprint density at radius 1 is 1.28 bits per heavy atom. The third-order valence-corrected chi connectivity index (χ3v) is 3.52. The summed E-state index contributed by atoms with van der Waals surface area (Å²) in [5, 5.41) is 0. The highest BCUT2D eigenvalue weighted by molar-refractivity contribution is 9.10. The van der Waals surface area contributed by atoms with Crippen LogP contribution in [0.3, 0.4) is 0 Å². The van der Waals surface area contributed by atoms with E-state index in [1.54, 1.807) is 14.2 Å². The average molecular weight is 318 g/mol. The van der Waals surface area contributed by atoms with E-state index in [4.69, 9.17) is 15.4 Å². The summed E-state index contributed by atoms with van der Waals surface area (Å²) in [6.45, 7) is 4.71. The molecule has 0 aliphatic heterocycles. The van der Waals surface area contributed by atoms with Gasteiger partial charge in [-0.15, -0.1) is 0 Å². The smallest absolute Gasteiger partial charge is 0.164 e. The van der Waals surface area contributed by atoms with Gasteiger partial charge in [0.2, 0.25) is 0 Å². The van der Waals surface area contributed by atoms with Gasteiger partial charge in [-0.1, -0.05) is 29.8 Å². The van der Waals surface area contributed by atoms with Crippen molar-refractivity contribution < 1.29 is 14.3 Å². The van der Waals surface area contributed by atoms with Crippen LogP contribution in [-0.4, -0.2) is 20.8 Å². The Labute approximate surface area is 116 Å². The standard InChI is InChI=1S/C13H20BrNO3/c1-8(2)12-9(5-6-18-15)10(14)7-11(16-3)13(12)17-4/h7-8H,5-6,15H2,1-4H3. The zero-order chi connectivity index (χ0) is 13.7. The molecule has 0 unspecified atom stereocenters. The van der Waals surface area contributed by atoms with Crippen molar-refractivity contribution in [2.75, 3.05) is 20.8 Å². The van der Waals surface area contributed by atoms with Crippen LogP contribution >= 0.6 is 15.9 Å². The van der Waals surface area contributed by atoms with Gasteiger partial charge in [-0.3, -0.25) is 0 Å². The minimum atomic E-state index is 0.319. The summed E-state index contributed by atoms with van der Waals surface area (Å²) in [5.41, 5.74) is 2.27. The molecule has 5 heteroatoms. The molecule has 2 N–H and O–H groups in total. The highest BCUT2D eigenvalue weighted by Gasteiger charge is 2.20. The molecule has 0 heterocycles. The third-order valence-electron chi connectivity index (χ3n) is 2.81. The van der Waals surface area contributed by atoms with Crippen molar-refractivity contribution in [2.45, 2.75) is 26.2 Å². The van der Waals surface area contributed by atoms with Gasteiger partial charge in [-0.05, 0) is 24.0 Å². The Bertz CT molecular complexity index is 408. The third kappa shape index (κ3) is 3.16. The van der Waals surface area contributed by atoms with Crippen molar-refractivity contribution in [1.82, 2.24) is 0 Å². The molecule has 0 aliphatic carbocycles. The molecule has 1 rings (SSSR count). The molecule has 0 atom stereocenters. The molecule has 0 aliphatic rings.